The van der Waals surface area contributed by atoms with E-state index in [2.05, 4.69) is 10.6 Å². The minimum atomic E-state index is -1.37. The molecule has 1 rings (SSSR count). The van der Waals surface area contributed by atoms with Gasteiger partial charge in [-0.2, -0.15) is 11.8 Å². The van der Waals surface area contributed by atoms with Crippen LogP contribution in [0.15, 0.2) is 0 Å². The molecular formula is C17H30N4O7S. The summed E-state index contributed by atoms with van der Waals surface area (Å²) in [6.07, 6.45) is 1.83. The molecule has 1 heterocycles. The Bertz CT molecular complexity index is 604. The van der Waals surface area contributed by atoms with E-state index in [0.717, 1.165) is 0 Å². The van der Waals surface area contributed by atoms with Crippen LogP contribution in [0.25, 0.3) is 0 Å². The molecule has 0 bridgehead atoms. The van der Waals surface area contributed by atoms with Crippen molar-refractivity contribution in [1.29, 1.82) is 0 Å². The van der Waals surface area contributed by atoms with Gasteiger partial charge in [-0.25, -0.2) is 4.79 Å². The lowest BCUT2D eigenvalue weighted by Crippen LogP contribution is -2.59. The van der Waals surface area contributed by atoms with Crippen molar-refractivity contribution >= 4 is 35.5 Å². The number of nitrogens with one attached hydrogen (secondary N) is 2. The van der Waals surface area contributed by atoms with Gasteiger partial charge in [0.2, 0.25) is 17.7 Å². The number of nitrogens with zero attached hydrogens (tertiary/aromatic N) is 1. The fraction of sp³-hybridized carbons (Fsp3) is 0.765. The van der Waals surface area contributed by atoms with Gasteiger partial charge in [0.25, 0.3) is 0 Å². The molecule has 0 saturated carbocycles. The number of nitrogens with two attached hydrogens (primary N) is 1. The van der Waals surface area contributed by atoms with E-state index >= 15 is 0 Å². The van der Waals surface area contributed by atoms with Crippen molar-refractivity contribution < 1.29 is 34.5 Å². The van der Waals surface area contributed by atoms with Gasteiger partial charge in [-0.3, -0.25) is 14.4 Å². The summed E-state index contributed by atoms with van der Waals surface area (Å²) in [6.45, 7) is 0.851. The van der Waals surface area contributed by atoms with Crippen LogP contribution in [0.4, 0.5) is 0 Å². The number of carboxylic acids is 1. The Morgan fingerprint density at radius 1 is 1.21 bits per heavy atom. The van der Waals surface area contributed by atoms with E-state index in [1.807, 2.05) is 6.26 Å². The molecule has 0 aliphatic carbocycles. The van der Waals surface area contributed by atoms with E-state index < -0.39 is 60.6 Å². The molecule has 11 nitrogen and oxygen atoms in total. The number of hydrogen-bond acceptors (Lipinski definition) is 8. The Hall–Kier alpha value is -1.89. The Kier molecular flexibility index (Phi) is 10.4. The van der Waals surface area contributed by atoms with Gasteiger partial charge in [0.1, 0.15) is 24.2 Å². The van der Waals surface area contributed by atoms with Crippen molar-refractivity contribution in [3.63, 3.8) is 0 Å². The number of aliphatic hydroxyl groups excluding tert-OH is 2. The minimum absolute atomic E-state index is 0.258. The lowest BCUT2D eigenvalue weighted by atomic mass is 10.1. The van der Waals surface area contributed by atoms with Crippen molar-refractivity contribution in [1.82, 2.24) is 15.5 Å². The van der Waals surface area contributed by atoms with Gasteiger partial charge < -0.3 is 36.6 Å². The molecule has 1 fully saturated rings. The predicted octanol–water partition coefficient (Wildman–Crippen LogP) is -2.51. The highest BCUT2D eigenvalue weighted by atomic mass is 32.2. The van der Waals surface area contributed by atoms with E-state index in [9.17, 15) is 34.5 Å². The van der Waals surface area contributed by atoms with Gasteiger partial charge in [0.05, 0.1) is 12.7 Å². The zero-order valence-electron chi connectivity index (χ0n) is 16.5. The number of aliphatic carboxylic acids is 1. The SMILES string of the molecule is CSCCC(NC(=O)C(CO)NC(=O)C(N)C(C)O)C(=O)N1CCCC1C(=O)O. The summed E-state index contributed by atoms with van der Waals surface area (Å²) in [5.41, 5.74) is 5.51. The lowest BCUT2D eigenvalue weighted by Gasteiger charge is -2.28. The van der Waals surface area contributed by atoms with E-state index in [1.54, 1.807) is 0 Å². The second-order valence-corrected chi connectivity index (χ2v) is 7.87. The Labute approximate surface area is 173 Å². The van der Waals surface area contributed by atoms with Gasteiger partial charge >= 0.3 is 5.97 Å². The van der Waals surface area contributed by atoms with Crippen molar-refractivity contribution in [2.24, 2.45) is 5.73 Å². The maximum atomic E-state index is 12.9. The number of amides is 3. The zero-order valence-corrected chi connectivity index (χ0v) is 17.4. The number of hydrogen-bond donors (Lipinski definition) is 6. The molecule has 5 atom stereocenters. The van der Waals surface area contributed by atoms with E-state index in [-0.39, 0.29) is 13.0 Å². The van der Waals surface area contributed by atoms with Crippen LogP contribution in [0.5, 0.6) is 0 Å². The second-order valence-electron chi connectivity index (χ2n) is 6.88. The van der Waals surface area contributed by atoms with Gasteiger partial charge in [0.15, 0.2) is 0 Å². The Morgan fingerprint density at radius 3 is 2.34 bits per heavy atom. The average molecular weight is 435 g/mol. The minimum Gasteiger partial charge on any atom is -0.480 e. The number of thioether (sulfide) groups is 1. The van der Waals surface area contributed by atoms with Crippen LogP contribution in [-0.2, 0) is 19.2 Å². The molecule has 0 spiro atoms. The first-order valence-corrected chi connectivity index (χ1v) is 10.7. The molecule has 1 saturated heterocycles. The molecule has 0 aromatic rings. The molecule has 29 heavy (non-hydrogen) atoms. The summed E-state index contributed by atoms with van der Waals surface area (Å²) < 4.78 is 0. The molecular weight excluding hydrogens is 404 g/mol. The fourth-order valence-corrected chi connectivity index (χ4v) is 3.41. The summed E-state index contributed by atoms with van der Waals surface area (Å²) >= 11 is 1.45. The average Bonchev–Trinajstić information content (AvgIpc) is 3.17. The first-order chi connectivity index (χ1) is 13.6. The lowest BCUT2D eigenvalue weighted by molar-refractivity contribution is -0.149. The molecule has 0 aromatic carbocycles. The van der Waals surface area contributed by atoms with Crippen LogP contribution in [0.1, 0.15) is 26.2 Å². The summed E-state index contributed by atoms with van der Waals surface area (Å²) in [5.74, 6) is -2.71. The highest BCUT2D eigenvalue weighted by Crippen LogP contribution is 2.19. The van der Waals surface area contributed by atoms with Gasteiger partial charge in [-0.1, -0.05) is 0 Å². The quantitative estimate of drug-likeness (QED) is 0.204. The first kappa shape index (κ1) is 25.1. The smallest absolute Gasteiger partial charge is 0.326 e. The maximum absolute atomic E-state index is 12.9. The Balaban J connectivity index is 2.86. The third-order valence-corrected chi connectivity index (χ3v) is 5.33. The standard InChI is InChI=1S/C17H30N4O7S/c1-9(23)13(18)15(25)20-11(8-22)14(24)19-10(5-7-29-2)16(26)21-6-3-4-12(21)17(27)28/h9-13,22-23H,3-8,18H2,1-2H3,(H,19,24)(H,20,25)(H,27,28). The molecule has 7 N–H and O–H groups in total. The van der Waals surface area contributed by atoms with Crippen molar-refractivity contribution in [2.45, 2.75) is 56.5 Å². The van der Waals surface area contributed by atoms with Crippen molar-refractivity contribution in [3.05, 3.63) is 0 Å². The number of aliphatic hydroxyl groups is 2. The summed E-state index contributed by atoms with van der Waals surface area (Å²) in [5, 5.41) is 32.9. The molecule has 5 unspecified atom stereocenters. The zero-order chi connectivity index (χ0) is 22.1. The van der Waals surface area contributed by atoms with Crippen LogP contribution >= 0.6 is 11.8 Å². The first-order valence-electron chi connectivity index (χ1n) is 9.31. The maximum Gasteiger partial charge on any atom is 0.326 e. The molecule has 3 amide bonds. The highest BCUT2D eigenvalue weighted by Gasteiger charge is 2.38. The number of carboxylic acid groups (broad SMARTS) is 1. The molecule has 1 aliphatic rings. The van der Waals surface area contributed by atoms with Gasteiger partial charge in [0, 0.05) is 6.54 Å². The number of carbonyl (C=O) groups is 4. The van der Waals surface area contributed by atoms with Crippen LogP contribution in [0, 0.1) is 0 Å². The number of carbonyl (C=O) groups excluding carboxylic acids is 3. The topological polar surface area (TPSA) is 182 Å². The largest absolute Gasteiger partial charge is 0.480 e. The Morgan fingerprint density at radius 2 is 1.83 bits per heavy atom. The normalized spacial score (nSPS) is 20.4. The van der Waals surface area contributed by atoms with Gasteiger partial charge in [-0.15, -0.1) is 0 Å². The third-order valence-electron chi connectivity index (χ3n) is 4.68. The molecule has 0 aromatic heterocycles. The molecule has 1 aliphatic heterocycles. The number of rotatable bonds is 11. The highest BCUT2D eigenvalue weighted by molar-refractivity contribution is 7.98. The monoisotopic (exact) mass is 434 g/mol. The third kappa shape index (κ3) is 7.14. The summed E-state index contributed by atoms with van der Waals surface area (Å²) in [4.78, 5) is 50.0. The van der Waals surface area contributed by atoms with Crippen LogP contribution in [0.2, 0.25) is 0 Å². The molecule has 12 heteroatoms. The summed E-state index contributed by atoms with van der Waals surface area (Å²) in [7, 11) is 0. The fourth-order valence-electron chi connectivity index (χ4n) is 2.93. The summed E-state index contributed by atoms with van der Waals surface area (Å²) in [6, 6.07) is -4.59. The van der Waals surface area contributed by atoms with Crippen LogP contribution < -0.4 is 16.4 Å². The molecule has 166 valence electrons. The van der Waals surface area contributed by atoms with E-state index in [4.69, 9.17) is 5.73 Å². The van der Waals surface area contributed by atoms with Gasteiger partial charge in [-0.05, 0) is 38.2 Å². The van der Waals surface area contributed by atoms with Crippen molar-refractivity contribution in [3.8, 4) is 0 Å². The van der Waals surface area contributed by atoms with Crippen molar-refractivity contribution in [2.75, 3.05) is 25.2 Å². The predicted molar refractivity (Wildman–Crippen MR) is 106 cm³/mol. The number of likely N-dealkylation sites (tertiary alicyclic amines) is 1. The van der Waals surface area contributed by atoms with Crippen LogP contribution in [0.3, 0.4) is 0 Å². The van der Waals surface area contributed by atoms with Crippen LogP contribution in [-0.4, -0.2) is 99.3 Å². The second kappa shape index (κ2) is 12.0. The van der Waals surface area contributed by atoms with E-state index in [0.29, 0.717) is 18.6 Å². The van der Waals surface area contributed by atoms with E-state index in [1.165, 1.54) is 23.6 Å². The molecule has 0 radical (unpaired) electrons.